The molecule has 0 bridgehead atoms. The minimum Gasteiger partial charge on any atom is -0.497 e. The number of nitrogens with zero attached hydrogens (tertiary/aromatic N) is 2. The SMILES string of the molecule is COc1cccc(N2CC(C(=O)N[C@H]3CC[C@@H](Nc4cc(C(F)(F)F)nc5ccc(Cl)cc45)CC3)CC2=O)c1. The van der Waals surface area contributed by atoms with Crippen molar-refractivity contribution in [3.63, 3.8) is 0 Å². The first-order chi connectivity index (χ1) is 18.6. The molecule has 3 aromatic rings. The Bertz CT molecular complexity index is 1390. The normalized spacial score (nSPS) is 21.7. The molecule has 1 aliphatic heterocycles. The molecule has 1 unspecified atom stereocenters. The van der Waals surface area contributed by atoms with Crippen LogP contribution in [0.15, 0.2) is 48.5 Å². The van der Waals surface area contributed by atoms with Crippen LogP contribution in [-0.4, -0.2) is 42.5 Å². The standard InChI is InChI=1S/C28H28ClF3N4O3/c1-39-21-4-2-3-20(13-21)36-15-16(11-26(36)37)27(38)34-19-8-6-18(7-9-19)33-24-14-25(28(30,31)32)35-23-10-5-17(29)12-22(23)24/h2-5,10,12-14,16,18-19H,6-9,11,15H2,1H3,(H,33,35)(H,34,38)/t16?,18-,19+. The summed E-state index contributed by atoms with van der Waals surface area (Å²) in [7, 11) is 1.56. The highest BCUT2D eigenvalue weighted by Crippen LogP contribution is 2.35. The number of methoxy groups -OCH3 is 1. The van der Waals surface area contributed by atoms with Crippen molar-refractivity contribution in [3.05, 3.63) is 59.2 Å². The van der Waals surface area contributed by atoms with Gasteiger partial charge in [0.25, 0.3) is 0 Å². The predicted molar refractivity (Wildman–Crippen MR) is 143 cm³/mol. The average molecular weight is 561 g/mol. The summed E-state index contributed by atoms with van der Waals surface area (Å²) in [6.45, 7) is 0.300. The van der Waals surface area contributed by atoms with Gasteiger partial charge in [-0.05, 0) is 62.1 Å². The van der Waals surface area contributed by atoms with Crippen molar-refractivity contribution in [3.8, 4) is 5.75 Å². The molecule has 1 aliphatic carbocycles. The van der Waals surface area contributed by atoms with Crippen LogP contribution in [0.25, 0.3) is 10.9 Å². The van der Waals surface area contributed by atoms with Crippen LogP contribution in [-0.2, 0) is 15.8 Å². The van der Waals surface area contributed by atoms with E-state index in [-0.39, 0.29) is 35.8 Å². The van der Waals surface area contributed by atoms with Crippen LogP contribution in [0.5, 0.6) is 5.75 Å². The van der Waals surface area contributed by atoms with E-state index in [0.29, 0.717) is 59.8 Å². The van der Waals surface area contributed by atoms with Gasteiger partial charge in [0.2, 0.25) is 11.8 Å². The van der Waals surface area contributed by atoms with E-state index >= 15 is 0 Å². The van der Waals surface area contributed by atoms with Crippen molar-refractivity contribution in [1.29, 1.82) is 0 Å². The van der Waals surface area contributed by atoms with Gasteiger partial charge in [0.1, 0.15) is 11.4 Å². The summed E-state index contributed by atoms with van der Waals surface area (Å²) in [5.74, 6) is -0.0849. The number of fused-ring (bicyclic) bond motifs is 1. The molecule has 39 heavy (non-hydrogen) atoms. The van der Waals surface area contributed by atoms with Crippen LogP contribution in [0.2, 0.25) is 5.02 Å². The van der Waals surface area contributed by atoms with Crippen molar-refractivity contribution in [1.82, 2.24) is 10.3 Å². The highest BCUT2D eigenvalue weighted by atomic mass is 35.5. The number of benzene rings is 2. The topological polar surface area (TPSA) is 83.6 Å². The maximum absolute atomic E-state index is 13.4. The van der Waals surface area contributed by atoms with Crippen molar-refractivity contribution >= 4 is 45.7 Å². The number of hydrogen-bond donors (Lipinski definition) is 2. The second kappa shape index (κ2) is 10.9. The number of alkyl halides is 3. The fourth-order valence-corrected chi connectivity index (χ4v) is 5.47. The monoisotopic (exact) mass is 560 g/mol. The Morgan fingerprint density at radius 2 is 1.82 bits per heavy atom. The first kappa shape index (κ1) is 27.1. The van der Waals surface area contributed by atoms with Gasteiger partial charge in [-0.25, -0.2) is 4.98 Å². The molecule has 206 valence electrons. The Balaban J connectivity index is 1.19. The number of aromatic nitrogens is 1. The van der Waals surface area contributed by atoms with E-state index in [0.717, 1.165) is 6.07 Å². The summed E-state index contributed by atoms with van der Waals surface area (Å²) in [6.07, 6.45) is -1.78. The highest BCUT2D eigenvalue weighted by Gasteiger charge is 2.37. The van der Waals surface area contributed by atoms with Gasteiger partial charge in [-0.1, -0.05) is 17.7 Å². The second-order valence-corrected chi connectivity index (χ2v) is 10.5. The molecule has 2 fully saturated rings. The number of halogens is 4. The fourth-order valence-electron chi connectivity index (χ4n) is 5.29. The lowest BCUT2D eigenvalue weighted by Gasteiger charge is -2.31. The van der Waals surface area contributed by atoms with Gasteiger partial charge in [0.05, 0.1) is 18.5 Å². The molecule has 2 aromatic carbocycles. The number of carbonyl (C=O) groups is 2. The molecule has 0 spiro atoms. The van der Waals surface area contributed by atoms with Crippen LogP contribution in [0.1, 0.15) is 37.8 Å². The Labute approximate surface area is 228 Å². The molecule has 0 radical (unpaired) electrons. The molecule has 5 rings (SSSR count). The van der Waals surface area contributed by atoms with E-state index in [4.69, 9.17) is 16.3 Å². The smallest absolute Gasteiger partial charge is 0.433 e. The summed E-state index contributed by atoms with van der Waals surface area (Å²) in [6, 6.07) is 12.7. The minimum absolute atomic E-state index is 0.0640. The fraction of sp³-hybridized carbons (Fsp3) is 0.393. The molecule has 2 heterocycles. The molecular weight excluding hydrogens is 533 g/mol. The Morgan fingerprint density at radius 1 is 1.08 bits per heavy atom. The quantitative estimate of drug-likeness (QED) is 0.398. The number of nitrogens with one attached hydrogen (secondary N) is 2. The van der Waals surface area contributed by atoms with Crippen LogP contribution < -0.4 is 20.3 Å². The molecule has 7 nitrogen and oxygen atoms in total. The molecule has 1 saturated carbocycles. The van der Waals surface area contributed by atoms with Gasteiger partial charge in [-0.2, -0.15) is 13.2 Å². The van der Waals surface area contributed by atoms with Crippen molar-refractivity contribution < 1.29 is 27.5 Å². The summed E-state index contributed by atoms with van der Waals surface area (Å²) in [5.41, 5.74) is 0.283. The van der Waals surface area contributed by atoms with E-state index in [9.17, 15) is 22.8 Å². The molecular formula is C28H28ClF3N4O3. The minimum atomic E-state index is -4.57. The van der Waals surface area contributed by atoms with Crippen molar-refractivity contribution in [2.75, 3.05) is 23.9 Å². The predicted octanol–water partition coefficient (Wildman–Crippen LogP) is 5.81. The number of pyridine rings is 1. The molecule has 1 atom stereocenters. The highest BCUT2D eigenvalue weighted by molar-refractivity contribution is 6.31. The lowest BCUT2D eigenvalue weighted by molar-refractivity contribution is -0.141. The van der Waals surface area contributed by atoms with Crippen LogP contribution in [0.4, 0.5) is 24.5 Å². The van der Waals surface area contributed by atoms with E-state index < -0.39 is 17.8 Å². The number of rotatable bonds is 6. The third-order valence-electron chi connectivity index (χ3n) is 7.36. The maximum Gasteiger partial charge on any atom is 0.433 e. The van der Waals surface area contributed by atoms with Gasteiger partial charge in [0.15, 0.2) is 0 Å². The van der Waals surface area contributed by atoms with E-state index in [1.807, 2.05) is 6.07 Å². The maximum atomic E-state index is 13.4. The number of carbonyl (C=O) groups excluding carboxylic acids is 2. The largest absolute Gasteiger partial charge is 0.497 e. The second-order valence-electron chi connectivity index (χ2n) is 10.0. The van der Waals surface area contributed by atoms with Gasteiger partial charge >= 0.3 is 6.18 Å². The van der Waals surface area contributed by atoms with Crippen LogP contribution in [0, 0.1) is 5.92 Å². The third kappa shape index (κ3) is 6.06. The zero-order valence-corrected chi connectivity index (χ0v) is 22.0. The van der Waals surface area contributed by atoms with Gasteiger partial charge < -0.3 is 20.3 Å². The van der Waals surface area contributed by atoms with E-state index in [1.165, 1.54) is 12.1 Å². The van der Waals surface area contributed by atoms with Gasteiger partial charge in [-0.15, -0.1) is 0 Å². The summed E-state index contributed by atoms with van der Waals surface area (Å²) >= 11 is 6.10. The van der Waals surface area contributed by atoms with E-state index in [1.54, 1.807) is 36.3 Å². The average Bonchev–Trinajstić information content (AvgIpc) is 3.31. The number of amides is 2. The number of hydrogen-bond acceptors (Lipinski definition) is 5. The van der Waals surface area contributed by atoms with Gasteiger partial charge in [0, 0.05) is 52.9 Å². The molecule has 2 amide bonds. The Morgan fingerprint density at radius 3 is 2.54 bits per heavy atom. The summed E-state index contributed by atoms with van der Waals surface area (Å²) < 4.78 is 45.6. The first-order valence-electron chi connectivity index (χ1n) is 12.8. The first-order valence-corrected chi connectivity index (χ1v) is 13.2. The molecule has 1 saturated heterocycles. The van der Waals surface area contributed by atoms with Crippen LogP contribution in [0.3, 0.4) is 0 Å². The van der Waals surface area contributed by atoms with E-state index in [2.05, 4.69) is 15.6 Å². The zero-order chi connectivity index (χ0) is 27.7. The molecule has 2 N–H and O–H groups in total. The number of ether oxygens (including phenoxy) is 1. The van der Waals surface area contributed by atoms with Gasteiger partial charge in [-0.3, -0.25) is 9.59 Å². The zero-order valence-electron chi connectivity index (χ0n) is 21.2. The summed E-state index contributed by atoms with van der Waals surface area (Å²) in [4.78, 5) is 31.0. The lowest BCUT2D eigenvalue weighted by Crippen LogP contribution is -2.43. The molecule has 2 aliphatic rings. The lowest BCUT2D eigenvalue weighted by atomic mass is 9.90. The molecule has 1 aromatic heterocycles. The molecule has 11 heteroatoms. The summed E-state index contributed by atoms with van der Waals surface area (Å²) in [5, 5.41) is 7.28. The third-order valence-corrected chi connectivity index (χ3v) is 7.59. The van der Waals surface area contributed by atoms with Crippen LogP contribution >= 0.6 is 11.6 Å². The van der Waals surface area contributed by atoms with Crippen molar-refractivity contribution in [2.24, 2.45) is 5.92 Å². The Kier molecular flexibility index (Phi) is 7.57. The number of anilines is 2. The van der Waals surface area contributed by atoms with Crippen molar-refractivity contribution in [2.45, 2.75) is 50.4 Å². The Hall–Kier alpha value is -3.53.